The van der Waals surface area contributed by atoms with Crippen LogP contribution in [0.15, 0.2) is 0 Å². The van der Waals surface area contributed by atoms with Gasteiger partial charge in [-0.25, -0.2) is 4.79 Å². The van der Waals surface area contributed by atoms with Gasteiger partial charge in [-0.1, -0.05) is 0 Å². The Morgan fingerprint density at radius 3 is 3.00 bits per heavy atom. The van der Waals surface area contributed by atoms with E-state index in [2.05, 4.69) is 5.32 Å². The summed E-state index contributed by atoms with van der Waals surface area (Å²) in [7, 11) is 0. The minimum Gasteiger partial charge on any atom is -0.337 e. The predicted molar refractivity (Wildman–Crippen MR) is 42.4 cm³/mol. The Morgan fingerprint density at radius 1 is 1.80 bits per heavy atom. The molecule has 0 atom stereocenters. The molecule has 0 aromatic heterocycles. The van der Waals surface area contributed by atoms with Gasteiger partial charge in [0.2, 0.25) is 0 Å². The average molecular weight is 171 g/mol. The van der Waals surface area contributed by atoms with Crippen molar-refractivity contribution in [3.8, 4) is 0 Å². The summed E-state index contributed by atoms with van der Waals surface area (Å²) in [5.41, 5.74) is 0. The Bertz CT molecular complexity index is 226. The quantitative estimate of drug-likeness (QED) is 0.608. The average Bonchev–Trinajstić information content (AvgIpc) is 2.07. The summed E-state index contributed by atoms with van der Waals surface area (Å²) in [6.45, 7) is -5.45. The fourth-order valence-corrected chi connectivity index (χ4v) is 0.437. The molecule has 0 unspecified atom stereocenters. The number of urea groups is 1. The van der Waals surface area contributed by atoms with Crippen LogP contribution >= 0.6 is 11.6 Å². The molecule has 0 saturated heterocycles. The van der Waals surface area contributed by atoms with Crippen LogP contribution in [0.5, 0.6) is 0 Å². The number of alkyl halides is 1. The highest BCUT2D eigenvalue weighted by molar-refractivity contribution is 6.18. The molecule has 2 N–H and O–H groups in total. The molecule has 0 radical (unpaired) electrons. The van der Waals surface area contributed by atoms with Gasteiger partial charge in [-0.2, -0.15) is 0 Å². The third-order valence-electron chi connectivity index (χ3n) is 0.655. The Morgan fingerprint density at radius 2 is 2.50 bits per heavy atom. The normalized spacial score (nSPS) is 21.0. The summed E-state index contributed by atoms with van der Waals surface area (Å²) in [5.74, 6) is 0.152. The second kappa shape index (κ2) is 5.35. The van der Waals surface area contributed by atoms with Gasteiger partial charge in [0.1, 0.15) is 0 Å². The molecule has 0 aromatic carbocycles. The molecule has 10 heavy (non-hydrogen) atoms. The van der Waals surface area contributed by atoms with Crippen molar-refractivity contribution in [2.24, 2.45) is 0 Å². The first-order valence-electron chi connectivity index (χ1n) is 5.69. The lowest BCUT2D eigenvalue weighted by molar-refractivity contribution is 0.239. The third kappa shape index (κ3) is 5.69. The van der Waals surface area contributed by atoms with Crippen molar-refractivity contribution in [3.05, 3.63) is 0 Å². The van der Waals surface area contributed by atoms with Crippen LogP contribution in [0.4, 0.5) is 4.79 Å². The Balaban J connectivity index is 4.52. The van der Waals surface area contributed by atoms with Gasteiger partial charge in [-0.3, -0.25) is 0 Å². The van der Waals surface area contributed by atoms with Crippen molar-refractivity contribution in [1.82, 2.24) is 10.6 Å². The Kier molecular flexibility index (Phi) is 1.77. The zero-order valence-corrected chi connectivity index (χ0v) is 6.03. The van der Waals surface area contributed by atoms with Crippen LogP contribution in [0.25, 0.3) is 0 Å². The first-order valence-corrected chi connectivity index (χ1v) is 3.23. The zero-order valence-electron chi connectivity index (χ0n) is 11.3. The number of hydrogen-bond acceptors (Lipinski definition) is 1. The number of amides is 2. The Hall–Kier alpha value is -0.440. The molecule has 0 heterocycles. The van der Waals surface area contributed by atoms with E-state index in [1.165, 1.54) is 0 Å². The largest absolute Gasteiger partial charge is 0.337 e. The molecule has 0 fully saturated rings. The summed E-state index contributed by atoms with van der Waals surface area (Å²) in [5, 5.41) is 4.12. The highest BCUT2D eigenvalue weighted by Crippen LogP contribution is 1.76. The van der Waals surface area contributed by atoms with Crippen molar-refractivity contribution in [3.63, 3.8) is 0 Å². The van der Waals surface area contributed by atoms with E-state index in [0.29, 0.717) is 0 Å². The van der Waals surface area contributed by atoms with E-state index in [1.807, 2.05) is 5.32 Å². The highest BCUT2D eigenvalue weighted by atomic mass is 35.5. The number of carbonyl (C=O) groups is 1. The van der Waals surface area contributed by atoms with Crippen LogP contribution < -0.4 is 10.6 Å². The van der Waals surface area contributed by atoms with E-state index in [1.54, 1.807) is 0 Å². The van der Waals surface area contributed by atoms with Crippen LogP contribution in [0.2, 0.25) is 0 Å². The van der Waals surface area contributed by atoms with Gasteiger partial charge in [0, 0.05) is 26.7 Å². The van der Waals surface area contributed by atoms with Crippen molar-refractivity contribution in [2.45, 2.75) is 19.7 Å². The van der Waals surface area contributed by atoms with Gasteiger partial charge in [0.05, 0.1) is 0 Å². The monoisotopic (exact) mass is 170 g/mol. The van der Waals surface area contributed by atoms with Crippen LogP contribution in [0.1, 0.15) is 21.9 Å². The lowest BCUT2D eigenvalue weighted by Crippen LogP contribution is -2.40. The lowest BCUT2D eigenvalue weighted by atomic mass is 10.4. The maximum Gasteiger partial charge on any atom is 0.315 e. The SMILES string of the molecule is [2H]C([2H])([2H])C(NC(=O)NCCCl)C([2H])([2H])[2H]. The maximum atomic E-state index is 11.1. The maximum absolute atomic E-state index is 11.1. The molecule has 0 saturated carbocycles. The van der Waals surface area contributed by atoms with Crippen molar-refractivity contribution >= 4 is 17.6 Å². The summed E-state index contributed by atoms with van der Waals surface area (Å²) >= 11 is 5.30. The van der Waals surface area contributed by atoms with Crippen molar-refractivity contribution in [2.75, 3.05) is 12.4 Å². The fraction of sp³-hybridized carbons (Fsp3) is 0.833. The molecular weight excluding hydrogens is 152 g/mol. The standard InChI is InChI=1S/C6H13ClN2O/c1-5(2)9-6(10)8-4-3-7/h5H,3-4H2,1-2H3,(H2,8,9,10)/i1D3,2D3. The second-order valence-electron chi connectivity index (χ2n) is 1.52. The van der Waals surface area contributed by atoms with Crippen LogP contribution in [0.3, 0.4) is 0 Å². The van der Waals surface area contributed by atoms with Crippen LogP contribution in [-0.2, 0) is 0 Å². The molecule has 0 aliphatic heterocycles. The molecule has 0 aliphatic rings. The van der Waals surface area contributed by atoms with Crippen LogP contribution in [-0.4, -0.2) is 24.5 Å². The minimum absolute atomic E-state index is 0.127. The molecule has 4 heteroatoms. The number of hydrogen-bond donors (Lipinski definition) is 2. The number of nitrogens with one attached hydrogen (secondary N) is 2. The first kappa shape index (κ1) is 3.30. The molecule has 0 spiro atoms. The van der Waals surface area contributed by atoms with E-state index in [-0.39, 0.29) is 12.4 Å². The van der Waals surface area contributed by atoms with E-state index in [4.69, 9.17) is 19.8 Å². The molecule has 3 nitrogen and oxygen atoms in total. The predicted octanol–water partition coefficient (Wildman–Crippen LogP) is 0.933. The van der Waals surface area contributed by atoms with Crippen LogP contribution in [0, 0.1) is 0 Å². The molecule has 60 valence electrons. The summed E-state index contributed by atoms with van der Waals surface area (Å²) < 4.78 is 42.1. The van der Waals surface area contributed by atoms with Crippen molar-refractivity contribution < 1.29 is 13.0 Å². The molecule has 0 bridgehead atoms. The summed E-state index contributed by atoms with van der Waals surface area (Å²) in [6, 6.07) is -2.76. The second-order valence-corrected chi connectivity index (χ2v) is 1.90. The van der Waals surface area contributed by atoms with E-state index >= 15 is 0 Å². The molecule has 2 amide bonds. The molecule has 0 aliphatic carbocycles. The number of halogens is 1. The number of rotatable bonds is 3. The lowest BCUT2D eigenvalue weighted by Gasteiger charge is -2.08. The first-order chi connectivity index (χ1) is 7.09. The van der Waals surface area contributed by atoms with Gasteiger partial charge >= 0.3 is 6.03 Å². The fourth-order valence-electron chi connectivity index (χ4n) is 0.343. The third-order valence-corrected chi connectivity index (χ3v) is 0.844. The zero-order chi connectivity index (χ0) is 13.0. The number of carbonyl (C=O) groups excluding carboxylic acids is 1. The Labute approximate surface area is 74.6 Å². The summed E-state index contributed by atoms with van der Waals surface area (Å²) in [6.07, 6.45) is 0. The molecule has 0 rings (SSSR count). The van der Waals surface area contributed by atoms with Crippen molar-refractivity contribution in [1.29, 1.82) is 0 Å². The topological polar surface area (TPSA) is 41.1 Å². The van der Waals surface area contributed by atoms with Gasteiger partial charge in [-0.15, -0.1) is 11.6 Å². The van der Waals surface area contributed by atoms with E-state index < -0.39 is 25.8 Å². The smallest absolute Gasteiger partial charge is 0.315 e. The van der Waals surface area contributed by atoms with E-state index in [0.717, 1.165) is 0 Å². The van der Waals surface area contributed by atoms with E-state index in [9.17, 15) is 4.79 Å². The molecule has 0 aromatic rings. The summed E-state index contributed by atoms with van der Waals surface area (Å²) in [4.78, 5) is 11.1. The van der Waals surface area contributed by atoms with Gasteiger partial charge < -0.3 is 10.6 Å². The van der Waals surface area contributed by atoms with Gasteiger partial charge in [-0.05, 0) is 13.7 Å². The minimum atomic E-state index is -2.79. The molecular formula is C6H13ClN2O. The van der Waals surface area contributed by atoms with Gasteiger partial charge in [0.15, 0.2) is 0 Å². The highest BCUT2D eigenvalue weighted by Gasteiger charge is 1.98. The van der Waals surface area contributed by atoms with Gasteiger partial charge in [0.25, 0.3) is 0 Å².